The monoisotopic (exact) mass is 409 g/mol. The van der Waals surface area contributed by atoms with Crippen molar-refractivity contribution in [2.45, 2.75) is 20.3 Å². The van der Waals surface area contributed by atoms with E-state index in [2.05, 4.69) is 0 Å². The molecular weight excluding hydrogens is 382 g/mol. The molecule has 0 aromatic heterocycles. The van der Waals surface area contributed by atoms with E-state index in [1.54, 1.807) is 26.2 Å². The van der Waals surface area contributed by atoms with Gasteiger partial charge in [-0.15, -0.1) is 0 Å². The number of nitrogens with zero attached hydrogens (tertiary/aromatic N) is 1. The van der Waals surface area contributed by atoms with Gasteiger partial charge in [0.05, 0.1) is 18.8 Å². The lowest BCUT2D eigenvalue weighted by atomic mass is 9.97. The molecule has 0 atom stereocenters. The molecule has 6 heteroatoms. The maximum atomic E-state index is 13.1. The van der Waals surface area contributed by atoms with Gasteiger partial charge in [0.1, 0.15) is 5.75 Å². The van der Waals surface area contributed by atoms with Crippen LogP contribution in [0.2, 0.25) is 0 Å². The normalized spacial score (nSPS) is 14.5. The second-order valence-electron chi connectivity index (χ2n) is 7.26. The highest BCUT2D eigenvalue weighted by Crippen LogP contribution is 2.33. The average molecular weight is 409 g/mol. The third-order valence-corrected chi connectivity index (χ3v) is 4.82. The molecule has 2 aromatic carbocycles. The topological polar surface area (TPSA) is 65.1 Å². The molecule has 0 saturated carbocycles. The molecule has 158 valence electrons. The van der Waals surface area contributed by atoms with E-state index >= 15 is 0 Å². The number of rotatable bonds is 6. The van der Waals surface area contributed by atoms with Crippen molar-refractivity contribution in [1.82, 2.24) is 4.90 Å². The fourth-order valence-corrected chi connectivity index (χ4v) is 3.18. The fraction of sp³-hybridized carbons (Fsp3) is 0.333. The number of hydrogen-bond acceptors (Lipinski definition) is 5. The Balaban J connectivity index is 1.88. The molecule has 0 unspecified atom stereocenters. The molecule has 6 nitrogen and oxygen atoms in total. The Morgan fingerprint density at radius 3 is 2.70 bits per heavy atom. The van der Waals surface area contributed by atoms with Crippen LogP contribution in [0.15, 0.2) is 42.0 Å². The van der Waals surface area contributed by atoms with Gasteiger partial charge < -0.3 is 19.1 Å². The van der Waals surface area contributed by atoms with E-state index in [9.17, 15) is 9.59 Å². The highest BCUT2D eigenvalue weighted by Gasteiger charge is 2.22. The van der Waals surface area contributed by atoms with Gasteiger partial charge in [0, 0.05) is 26.1 Å². The summed E-state index contributed by atoms with van der Waals surface area (Å²) in [6.07, 6.45) is 2.38. The van der Waals surface area contributed by atoms with Crippen molar-refractivity contribution in [3.63, 3.8) is 0 Å². The molecule has 0 saturated heterocycles. The number of para-hydroxylation sites is 1. The van der Waals surface area contributed by atoms with E-state index in [1.165, 1.54) is 4.90 Å². The van der Waals surface area contributed by atoms with Gasteiger partial charge in [-0.05, 0) is 49.2 Å². The number of ether oxygens (including phenoxy) is 3. The van der Waals surface area contributed by atoms with Crippen LogP contribution >= 0.6 is 0 Å². The highest BCUT2D eigenvalue weighted by atomic mass is 16.5. The molecule has 0 spiro atoms. The van der Waals surface area contributed by atoms with Gasteiger partial charge in [-0.3, -0.25) is 9.59 Å². The van der Waals surface area contributed by atoms with Crippen LogP contribution in [0, 0.1) is 6.92 Å². The van der Waals surface area contributed by atoms with Crippen molar-refractivity contribution in [2.75, 3.05) is 33.9 Å². The van der Waals surface area contributed by atoms with Crippen molar-refractivity contribution >= 4 is 17.8 Å². The van der Waals surface area contributed by atoms with Crippen LogP contribution in [0.5, 0.6) is 17.2 Å². The molecule has 3 rings (SSSR count). The van der Waals surface area contributed by atoms with Crippen LogP contribution in [0.3, 0.4) is 0 Å². The zero-order valence-corrected chi connectivity index (χ0v) is 17.9. The Morgan fingerprint density at radius 1 is 1.17 bits per heavy atom. The number of hydrogen-bond donors (Lipinski definition) is 0. The first-order valence-electron chi connectivity index (χ1n) is 9.98. The summed E-state index contributed by atoms with van der Waals surface area (Å²) in [6.45, 7) is 4.65. The summed E-state index contributed by atoms with van der Waals surface area (Å²) in [7, 11) is 3.36. The van der Waals surface area contributed by atoms with Gasteiger partial charge in [0.2, 0.25) is 0 Å². The molecular formula is C24H27NO5. The summed E-state index contributed by atoms with van der Waals surface area (Å²) in [6, 6.07) is 11.0. The van der Waals surface area contributed by atoms with E-state index in [4.69, 9.17) is 14.2 Å². The molecule has 1 aliphatic rings. The summed E-state index contributed by atoms with van der Waals surface area (Å²) in [4.78, 5) is 26.3. The number of likely N-dealkylation sites (N-methyl/N-ethyl adjacent to an activating group) is 1. The molecule has 0 fully saturated rings. The standard InChI is InChI=1S/C24H27NO5/c1-5-28-21-14-17(9-10-20(21)30-15-22(26)25(3)4)13-18-11-12-29-24-16(2)7-6-8-19(24)23(18)27/h6-10,13-14H,5,11-12,15H2,1-4H3/b18-13-. The third-order valence-electron chi connectivity index (χ3n) is 4.82. The summed E-state index contributed by atoms with van der Waals surface area (Å²) in [5, 5.41) is 0. The predicted molar refractivity (Wildman–Crippen MR) is 115 cm³/mol. The van der Waals surface area contributed by atoms with E-state index in [1.807, 2.05) is 44.2 Å². The Morgan fingerprint density at radius 2 is 1.97 bits per heavy atom. The summed E-state index contributed by atoms with van der Waals surface area (Å²) in [5.41, 5.74) is 3.04. The van der Waals surface area contributed by atoms with Crippen LogP contribution in [-0.4, -0.2) is 50.5 Å². The first kappa shape index (κ1) is 21.4. The maximum Gasteiger partial charge on any atom is 0.259 e. The summed E-state index contributed by atoms with van der Waals surface area (Å²) in [5.74, 6) is 1.52. The largest absolute Gasteiger partial charge is 0.492 e. The van der Waals surface area contributed by atoms with Gasteiger partial charge >= 0.3 is 0 Å². The van der Waals surface area contributed by atoms with E-state index in [0.29, 0.717) is 48.0 Å². The number of amides is 1. The lowest BCUT2D eigenvalue weighted by Gasteiger charge is -2.15. The smallest absolute Gasteiger partial charge is 0.259 e. The number of carbonyl (C=O) groups excluding carboxylic acids is 2. The highest BCUT2D eigenvalue weighted by molar-refractivity contribution is 6.13. The number of benzene rings is 2. The SMILES string of the molecule is CCOc1cc(/C=C2/CCOc3c(C)cccc3C2=O)ccc1OCC(=O)N(C)C. The number of fused-ring (bicyclic) bond motifs is 1. The minimum atomic E-state index is -0.137. The second kappa shape index (κ2) is 9.48. The summed E-state index contributed by atoms with van der Waals surface area (Å²) < 4.78 is 17.2. The lowest BCUT2D eigenvalue weighted by Crippen LogP contribution is -2.27. The van der Waals surface area contributed by atoms with Gasteiger partial charge in [0.25, 0.3) is 5.91 Å². The lowest BCUT2D eigenvalue weighted by molar-refractivity contribution is -0.130. The first-order chi connectivity index (χ1) is 14.4. The van der Waals surface area contributed by atoms with Crippen molar-refractivity contribution in [2.24, 2.45) is 0 Å². The van der Waals surface area contributed by atoms with Gasteiger partial charge in [0.15, 0.2) is 23.9 Å². The average Bonchev–Trinajstić information content (AvgIpc) is 2.87. The first-order valence-corrected chi connectivity index (χ1v) is 9.98. The number of ketones is 1. The Bertz CT molecular complexity index is 978. The van der Waals surface area contributed by atoms with E-state index < -0.39 is 0 Å². The van der Waals surface area contributed by atoms with Gasteiger partial charge in [-0.1, -0.05) is 18.2 Å². The molecule has 1 aliphatic heterocycles. The molecule has 0 aliphatic carbocycles. The van der Waals surface area contributed by atoms with E-state index in [-0.39, 0.29) is 18.3 Å². The third kappa shape index (κ3) is 4.82. The fourth-order valence-electron chi connectivity index (χ4n) is 3.18. The molecule has 2 aromatic rings. The van der Waals surface area contributed by atoms with Crippen LogP contribution in [-0.2, 0) is 4.79 Å². The van der Waals surface area contributed by atoms with Crippen molar-refractivity contribution in [3.8, 4) is 17.2 Å². The van der Waals surface area contributed by atoms with Gasteiger partial charge in [-0.2, -0.15) is 0 Å². The van der Waals surface area contributed by atoms with Crippen molar-refractivity contribution in [1.29, 1.82) is 0 Å². The quantitative estimate of drug-likeness (QED) is 0.677. The zero-order chi connectivity index (χ0) is 21.7. The molecule has 1 heterocycles. The minimum Gasteiger partial charge on any atom is -0.492 e. The Kier molecular flexibility index (Phi) is 6.77. The maximum absolute atomic E-state index is 13.1. The van der Waals surface area contributed by atoms with Crippen molar-refractivity contribution < 1.29 is 23.8 Å². The number of aryl methyl sites for hydroxylation is 1. The molecule has 0 radical (unpaired) electrons. The molecule has 0 bridgehead atoms. The van der Waals surface area contributed by atoms with Crippen LogP contribution in [0.4, 0.5) is 0 Å². The summed E-state index contributed by atoms with van der Waals surface area (Å²) >= 11 is 0. The molecule has 30 heavy (non-hydrogen) atoms. The molecule has 0 N–H and O–H groups in total. The number of Topliss-reactive ketones (excluding diaryl/α,β-unsaturated/α-hetero) is 1. The van der Waals surface area contributed by atoms with Crippen LogP contribution < -0.4 is 14.2 Å². The minimum absolute atomic E-state index is 0.0268. The Hall–Kier alpha value is -3.28. The zero-order valence-electron chi connectivity index (χ0n) is 17.9. The Labute approximate surface area is 177 Å². The van der Waals surface area contributed by atoms with Crippen molar-refractivity contribution in [3.05, 3.63) is 58.7 Å². The molecule has 1 amide bonds. The second-order valence-corrected chi connectivity index (χ2v) is 7.26. The van der Waals surface area contributed by atoms with Crippen LogP contribution in [0.1, 0.15) is 34.8 Å². The predicted octanol–water partition coefficient (Wildman–Crippen LogP) is 3.91. The van der Waals surface area contributed by atoms with Gasteiger partial charge in [-0.25, -0.2) is 0 Å². The van der Waals surface area contributed by atoms with Crippen LogP contribution in [0.25, 0.3) is 6.08 Å². The van der Waals surface area contributed by atoms with E-state index in [0.717, 1.165) is 11.1 Å². The number of carbonyl (C=O) groups is 2.